The van der Waals surface area contributed by atoms with Crippen LogP contribution in [0.2, 0.25) is 0 Å². The van der Waals surface area contributed by atoms with Crippen LogP contribution in [0, 0.1) is 5.92 Å². The van der Waals surface area contributed by atoms with E-state index in [1.807, 2.05) is 13.8 Å². The fourth-order valence-electron chi connectivity index (χ4n) is 4.59. The second-order valence-electron chi connectivity index (χ2n) is 8.22. The molecule has 2 unspecified atom stereocenters. The quantitative estimate of drug-likeness (QED) is 0.550. The zero-order valence-electron chi connectivity index (χ0n) is 14.5. The van der Waals surface area contributed by atoms with E-state index in [0.717, 1.165) is 6.42 Å². The fraction of sp³-hybridized carbons (Fsp3) is 0.941. The molecule has 6 heteroatoms. The van der Waals surface area contributed by atoms with E-state index in [0.29, 0.717) is 12.8 Å². The molecule has 2 bridgehead atoms. The number of halogens is 1. The lowest BCUT2D eigenvalue weighted by Gasteiger charge is -2.53. The van der Waals surface area contributed by atoms with Crippen molar-refractivity contribution < 1.29 is 24.1 Å². The number of hydrogen-bond donors (Lipinski definition) is 1. The molecule has 0 radical (unpaired) electrons. The number of aliphatic hydroxyl groups is 1. The molecule has 4 aliphatic rings. The Labute approximate surface area is 146 Å². The van der Waals surface area contributed by atoms with E-state index in [1.54, 1.807) is 0 Å². The number of alkyl halides is 1. The lowest BCUT2D eigenvalue weighted by molar-refractivity contribution is -0.251. The van der Waals surface area contributed by atoms with Gasteiger partial charge in [0.1, 0.15) is 6.10 Å². The molecular weight excluding hydrogens is 364 g/mol. The van der Waals surface area contributed by atoms with E-state index in [2.05, 4.69) is 29.8 Å². The average molecular weight is 391 g/mol. The van der Waals surface area contributed by atoms with E-state index < -0.39 is 17.3 Å². The van der Waals surface area contributed by atoms with Gasteiger partial charge in [0.25, 0.3) is 0 Å². The topological polar surface area (TPSA) is 65.0 Å². The molecule has 0 aromatic rings. The molecule has 0 aromatic heterocycles. The van der Waals surface area contributed by atoms with Gasteiger partial charge in [0.05, 0.1) is 29.0 Å². The van der Waals surface area contributed by atoms with Crippen LogP contribution in [0.5, 0.6) is 0 Å². The Morgan fingerprint density at radius 2 is 1.91 bits per heavy atom. The monoisotopic (exact) mass is 390 g/mol. The van der Waals surface area contributed by atoms with Gasteiger partial charge >= 0.3 is 5.97 Å². The maximum Gasteiger partial charge on any atom is 0.302 e. The van der Waals surface area contributed by atoms with Crippen molar-refractivity contribution >= 4 is 21.9 Å². The maximum absolute atomic E-state index is 11.6. The molecule has 3 aliphatic heterocycles. The Morgan fingerprint density at radius 1 is 1.26 bits per heavy atom. The summed E-state index contributed by atoms with van der Waals surface area (Å²) in [6.45, 7) is 9.51. The smallest absolute Gasteiger partial charge is 0.302 e. The lowest BCUT2D eigenvalue weighted by Crippen LogP contribution is -2.62. The number of carbonyl (C=O) groups is 1. The van der Waals surface area contributed by atoms with Crippen molar-refractivity contribution in [3.8, 4) is 0 Å². The predicted molar refractivity (Wildman–Crippen MR) is 88.5 cm³/mol. The van der Waals surface area contributed by atoms with Gasteiger partial charge in [0, 0.05) is 24.1 Å². The van der Waals surface area contributed by atoms with E-state index >= 15 is 0 Å². The normalized spacial score (nSPS) is 51.7. The van der Waals surface area contributed by atoms with Crippen LogP contribution in [-0.4, -0.2) is 51.0 Å². The molecule has 0 spiro atoms. The van der Waals surface area contributed by atoms with E-state index in [-0.39, 0.29) is 34.5 Å². The van der Waals surface area contributed by atoms with Crippen molar-refractivity contribution in [1.82, 2.24) is 0 Å². The minimum Gasteiger partial charge on any atom is -0.462 e. The minimum atomic E-state index is -0.712. The van der Waals surface area contributed by atoms with E-state index in [1.165, 1.54) is 6.92 Å². The summed E-state index contributed by atoms with van der Waals surface area (Å²) in [5, 5.41) is 10.6. The van der Waals surface area contributed by atoms with Crippen LogP contribution in [0.3, 0.4) is 0 Å². The third-order valence-electron chi connectivity index (χ3n) is 6.00. The molecule has 7 atom stereocenters. The zero-order chi connectivity index (χ0) is 17.2. The highest BCUT2D eigenvalue weighted by Gasteiger charge is 2.64. The van der Waals surface area contributed by atoms with Crippen molar-refractivity contribution in [3.63, 3.8) is 0 Å². The molecule has 0 aromatic carbocycles. The van der Waals surface area contributed by atoms with Crippen LogP contribution >= 0.6 is 15.9 Å². The van der Waals surface area contributed by atoms with Gasteiger partial charge in [-0.2, -0.15) is 0 Å². The average Bonchev–Trinajstić information content (AvgIpc) is 2.50. The Hall–Kier alpha value is -0.170. The number of carbonyl (C=O) groups excluding carboxylic acids is 1. The summed E-state index contributed by atoms with van der Waals surface area (Å²) < 4.78 is 18.5. The highest BCUT2D eigenvalue weighted by molar-refractivity contribution is 9.09. The Kier molecular flexibility index (Phi) is 4.15. The largest absolute Gasteiger partial charge is 0.462 e. The standard InChI is InChI=1S/C17H27BrO5/c1-9(19)21-11-8-16(4)13(20)6-10(11)17(5)14(22-16)7-12(18)15(2,3)23-17/h10-14,20H,6-8H2,1-5H3/t10?,11-,12-,13+,14?,16+,17-/m1/s1. The Morgan fingerprint density at radius 3 is 2.52 bits per heavy atom. The number of ether oxygens (including phenoxy) is 3. The number of aliphatic hydroxyl groups excluding tert-OH is 1. The SMILES string of the molecule is CC(=O)O[C@@H]1C[C@]2(C)OC3C[C@@H](Br)C(C)(C)O[C@]3(C)C1C[C@@H]2O. The summed E-state index contributed by atoms with van der Waals surface area (Å²) in [5.41, 5.74) is -1.66. The van der Waals surface area contributed by atoms with Crippen molar-refractivity contribution in [3.05, 3.63) is 0 Å². The van der Waals surface area contributed by atoms with Crippen LogP contribution in [0.25, 0.3) is 0 Å². The molecule has 132 valence electrons. The van der Waals surface area contributed by atoms with Crippen LogP contribution in [0.1, 0.15) is 53.9 Å². The van der Waals surface area contributed by atoms with Gasteiger partial charge in [-0.05, 0) is 40.5 Å². The molecule has 3 saturated heterocycles. The van der Waals surface area contributed by atoms with Crippen LogP contribution in [0.15, 0.2) is 0 Å². The number of rotatable bonds is 1. The van der Waals surface area contributed by atoms with Gasteiger partial charge in [-0.3, -0.25) is 4.79 Å². The summed E-state index contributed by atoms with van der Waals surface area (Å²) in [6.07, 6.45) is 0.800. The van der Waals surface area contributed by atoms with Crippen molar-refractivity contribution in [2.24, 2.45) is 5.92 Å². The molecule has 4 fully saturated rings. The predicted octanol–water partition coefficient (Wildman–Crippen LogP) is 2.57. The second kappa shape index (κ2) is 5.41. The maximum atomic E-state index is 11.6. The zero-order valence-corrected chi connectivity index (χ0v) is 16.1. The first kappa shape index (κ1) is 17.6. The number of esters is 1. The molecule has 3 heterocycles. The van der Waals surface area contributed by atoms with E-state index in [4.69, 9.17) is 14.2 Å². The third-order valence-corrected chi connectivity index (χ3v) is 7.48. The molecule has 0 amide bonds. The number of hydrogen-bond acceptors (Lipinski definition) is 5. The molecule has 1 aliphatic carbocycles. The number of fused-ring (bicyclic) bond motifs is 2. The van der Waals surface area contributed by atoms with Gasteiger partial charge < -0.3 is 19.3 Å². The summed E-state index contributed by atoms with van der Waals surface area (Å²) in [7, 11) is 0. The summed E-state index contributed by atoms with van der Waals surface area (Å²) in [5.74, 6) is -0.379. The Balaban J connectivity index is 2.02. The molecule has 4 rings (SSSR count). The van der Waals surface area contributed by atoms with Gasteiger partial charge in [-0.1, -0.05) is 15.9 Å². The molecule has 23 heavy (non-hydrogen) atoms. The van der Waals surface area contributed by atoms with Crippen LogP contribution in [0.4, 0.5) is 0 Å². The molecular formula is C17H27BrO5. The van der Waals surface area contributed by atoms with Gasteiger partial charge in [0.15, 0.2) is 0 Å². The molecule has 1 N–H and O–H groups in total. The van der Waals surface area contributed by atoms with Gasteiger partial charge in [0.2, 0.25) is 0 Å². The Bertz CT molecular complexity index is 509. The second-order valence-corrected chi connectivity index (χ2v) is 9.33. The molecule has 5 nitrogen and oxygen atoms in total. The fourth-order valence-corrected chi connectivity index (χ4v) is 5.03. The van der Waals surface area contributed by atoms with Crippen molar-refractivity contribution in [2.75, 3.05) is 0 Å². The summed E-state index contributed by atoms with van der Waals surface area (Å²) >= 11 is 3.72. The van der Waals surface area contributed by atoms with Gasteiger partial charge in [-0.15, -0.1) is 0 Å². The first-order valence-corrected chi connectivity index (χ1v) is 9.27. The van der Waals surface area contributed by atoms with Gasteiger partial charge in [-0.25, -0.2) is 0 Å². The van der Waals surface area contributed by atoms with Crippen LogP contribution < -0.4 is 0 Å². The first-order chi connectivity index (χ1) is 10.5. The molecule has 1 saturated carbocycles. The van der Waals surface area contributed by atoms with E-state index in [9.17, 15) is 9.90 Å². The van der Waals surface area contributed by atoms with Crippen LogP contribution in [-0.2, 0) is 19.0 Å². The first-order valence-electron chi connectivity index (χ1n) is 8.35. The highest BCUT2D eigenvalue weighted by Crippen LogP contribution is 2.55. The lowest BCUT2D eigenvalue weighted by atomic mass is 9.68. The minimum absolute atomic E-state index is 0.0822. The third kappa shape index (κ3) is 2.75. The summed E-state index contributed by atoms with van der Waals surface area (Å²) in [4.78, 5) is 11.7. The van der Waals surface area contributed by atoms with Crippen molar-refractivity contribution in [1.29, 1.82) is 0 Å². The highest BCUT2D eigenvalue weighted by atomic mass is 79.9. The van der Waals surface area contributed by atoms with Crippen molar-refractivity contribution in [2.45, 2.75) is 93.8 Å². The summed E-state index contributed by atoms with van der Waals surface area (Å²) in [6, 6.07) is 0.